The van der Waals surface area contributed by atoms with Crippen molar-refractivity contribution >= 4 is 11.3 Å². The van der Waals surface area contributed by atoms with Crippen molar-refractivity contribution in [2.75, 3.05) is 0 Å². The molecule has 0 spiro atoms. The van der Waals surface area contributed by atoms with Crippen molar-refractivity contribution in [3.8, 4) is 5.75 Å². The highest BCUT2D eigenvalue weighted by atomic mass is 16.5. The van der Waals surface area contributed by atoms with Gasteiger partial charge in [0.1, 0.15) is 12.4 Å². The number of hydrogen-bond donors (Lipinski definition) is 1. The average molecular weight is 347 g/mol. The third-order valence-electron chi connectivity index (χ3n) is 5.60. The normalized spacial score (nSPS) is 19.5. The zero-order chi connectivity index (χ0) is 17.8. The molecule has 0 unspecified atom stereocenters. The summed E-state index contributed by atoms with van der Waals surface area (Å²) >= 11 is 0. The van der Waals surface area contributed by atoms with Crippen LogP contribution in [0.2, 0.25) is 0 Å². The summed E-state index contributed by atoms with van der Waals surface area (Å²) in [5.41, 5.74) is 5.81. The molecule has 26 heavy (non-hydrogen) atoms. The number of benzene rings is 2. The van der Waals surface area contributed by atoms with Gasteiger partial charge in [0.15, 0.2) is 0 Å². The average Bonchev–Trinajstić information content (AvgIpc) is 3.37. The molecule has 0 aromatic heterocycles. The van der Waals surface area contributed by atoms with Gasteiger partial charge < -0.3 is 9.94 Å². The van der Waals surface area contributed by atoms with Crippen molar-refractivity contribution in [1.82, 2.24) is 0 Å². The molecule has 2 aromatic carbocycles. The van der Waals surface area contributed by atoms with Gasteiger partial charge in [-0.2, -0.15) is 0 Å². The number of oxime groups is 1. The summed E-state index contributed by atoms with van der Waals surface area (Å²) in [6.45, 7) is 0.569. The van der Waals surface area contributed by atoms with E-state index in [1.807, 2.05) is 30.3 Å². The second-order valence-corrected chi connectivity index (χ2v) is 7.23. The van der Waals surface area contributed by atoms with Gasteiger partial charge >= 0.3 is 0 Å². The first-order chi connectivity index (χ1) is 12.8. The summed E-state index contributed by atoms with van der Waals surface area (Å²) in [5, 5.41) is 13.0. The third-order valence-corrected chi connectivity index (χ3v) is 5.60. The Labute approximate surface area is 155 Å². The summed E-state index contributed by atoms with van der Waals surface area (Å²) in [5.74, 6) is 1.53. The molecule has 3 nitrogen and oxygen atoms in total. The molecule has 2 aliphatic rings. The van der Waals surface area contributed by atoms with Gasteiger partial charge in [-0.05, 0) is 54.9 Å². The van der Waals surface area contributed by atoms with Crippen LogP contribution < -0.4 is 4.74 Å². The summed E-state index contributed by atoms with van der Waals surface area (Å²) in [6.07, 6.45) is 7.07. The van der Waals surface area contributed by atoms with Crippen LogP contribution in [0.1, 0.15) is 49.7 Å². The fraction of sp³-hybridized carbons (Fsp3) is 0.348. The molecule has 0 saturated heterocycles. The van der Waals surface area contributed by atoms with E-state index in [1.165, 1.54) is 36.8 Å². The van der Waals surface area contributed by atoms with E-state index in [2.05, 4.69) is 29.4 Å². The molecule has 4 rings (SSSR count). The molecule has 0 radical (unpaired) electrons. The smallest absolute Gasteiger partial charge is 0.119 e. The Morgan fingerprint density at radius 1 is 0.923 bits per heavy atom. The van der Waals surface area contributed by atoms with E-state index >= 15 is 0 Å². The van der Waals surface area contributed by atoms with Crippen LogP contribution in [0.25, 0.3) is 5.57 Å². The SMILES string of the molecule is ON=C1CCC(C2CCCC2)=C1c1ccc(OCc2ccccc2)cc1. The highest BCUT2D eigenvalue weighted by Gasteiger charge is 2.30. The van der Waals surface area contributed by atoms with E-state index in [1.54, 1.807) is 0 Å². The van der Waals surface area contributed by atoms with Crippen molar-refractivity contribution < 1.29 is 9.94 Å². The Hall–Kier alpha value is -2.55. The highest BCUT2D eigenvalue weighted by Crippen LogP contribution is 2.42. The number of allylic oxidation sites excluding steroid dienone is 2. The van der Waals surface area contributed by atoms with Crippen LogP contribution in [0, 0.1) is 5.92 Å². The Kier molecular flexibility index (Phi) is 5.05. The quantitative estimate of drug-likeness (QED) is 0.546. The minimum Gasteiger partial charge on any atom is -0.489 e. The Morgan fingerprint density at radius 3 is 2.35 bits per heavy atom. The first-order valence-corrected chi connectivity index (χ1v) is 9.56. The minimum atomic E-state index is 0.569. The summed E-state index contributed by atoms with van der Waals surface area (Å²) in [4.78, 5) is 0. The van der Waals surface area contributed by atoms with Crippen LogP contribution in [0.5, 0.6) is 5.75 Å². The topological polar surface area (TPSA) is 41.8 Å². The molecular formula is C23H25NO2. The second kappa shape index (κ2) is 7.77. The summed E-state index contributed by atoms with van der Waals surface area (Å²) < 4.78 is 5.89. The molecule has 0 amide bonds. The van der Waals surface area contributed by atoms with Crippen molar-refractivity contribution in [1.29, 1.82) is 0 Å². The number of nitrogens with zero attached hydrogens (tertiary/aromatic N) is 1. The fourth-order valence-corrected chi connectivity index (χ4v) is 4.28. The van der Waals surface area contributed by atoms with E-state index in [4.69, 9.17) is 4.74 Å². The summed E-state index contributed by atoms with van der Waals surface area (Å²) in [6, 6.07) is 18.4. The van der Waals surface area contributed by atoms with Gasteiger partial charge in [0, 0.05) is 5.57 Å². The minimum absolute atomic E-state index is 0.569. The molecule has 0 atom stereocenters. The molecule has 2 aromatic rings. The largest absolute Gasteiger partial charge is 0.489 e. The molecule has 1 N–H and O–H groups in total. The molecule has 0 aliphatic heterocycles. The Balaban J connectivity index is 1.53. The molecule has 1 fully saturated rings. The molecule has 0 bridgehead atoms. The standard InChI is InChI=1S/C23H25NO2/c25-24-22-15-14-21(18-8-4-5-9-18)23(22)19-10-12-20(13-11-19)26-16-17-6-2-1-3-7-17/h1-3,6-7,10-13,18,25H,4-5,8-9,14-16H2. The fourth-order valence-electron chi connectivity index (χ4n) is 4.28. The van der Waals surface area contributed by atoms with Gasteiger partial charge in [0.25, 0.3) is 0 Å². The molecule has 1 saturated carbocycles. The van der Waals surface area contributed by atoms with Crippen LogP contribution >= 0.6 is 0 Å². The van der Waals surface area contributed by atoms with Crippen LogP contribution in [0.15, 0.2) is 65.3 Å². The second-order valence-electron chi connectivity index (χ2n) is 7.23. The zero-order valence-electron chi connectivity index (χ0n) is 15.0. The number of ether oxygens (including phenoxy) is 1. The lowest BCUT2D eigenvalue weighted by molar-refractivity contribution is 0.306. The van der Waals surface area contributed by atoms with E-state index in [9.17, 15) is 5.21 Å². The van der Waals surface area contributed by atoms with Gasteiger partial charge in [0.05, 0.1) is 5.71 Å². The molecule has 2 aliphatic carbocycles. The van der Waals surface area contributed by atoms with Gasteiger partial charge in [-0.3, -0.25) is 0 Å². The lowest BCUT2D eigenvalue weighted by atomic mass is 9.91. The van der Waals surface area contributed by atoms with Gasteiger partial charge in [0.2, 0.25) is 0 Å². The maximum atomic E-state index is 9.45. The molecule has 0 heterocycles. The number of hydrogen-bond acceptors (Lipinski definition) is 3. The van der Waals surface area contributed by atoms with Crippen LogP contribution in [0.4, 0.5) is 0 Å². The first-order valence-electron chi connectivity index (χ1n) is 9.56. The van der Waals surface area contributed by atoms with Crippen molar-refractivity contribution in [3.63, 3.8) is 0 Å². The van der Waals surface area contributed by atoms with Gasteiger partial charge in [-0.1, -0.05) is 66.0 Å². The lowest BCUT2D eigenvalue weighted by Gasteiger charge is -2.15. The molecule has 134 valence electrons. The third kappa shape index (κ3) is 3.52. The van der Waals surface area contributed by atoms with Crippen molar-refractivity contribution in [2.24, 2.45) is 11.1 Å². The van der Waals surface area contributed by atoms with Crippen LogP contribution in [0.3, 0.4) is 0 Å². The van der Waals surface area contributed by atoms with Crippen molar-refractivity contribution in [2.45, 2.75) is 45.1 Å². The molecular weight excluding hydrogens is 322 g/mol. The van der Waals surface area contributed by atoms with E-state index < -0.39 is 0 Å². The van der Waals surface area contributed by atoms with E-state index in [0.29, 0.717) is 12.5 Å². The predicted molar refractivity (Wildman–Crippen MR) is 105 cm³/mol. The predicted octanol–water partition coefficient (Wildman–Crippen LogP) is 5.83. The summed E-state index contributed by atoms with van der Waals surface area (Å²) in [7, 11) is 0. The van der Waals surface area contributed by atoms with Gasteiger partial charge in [-0.25, -0.2) is 0 Å². The maximum Gasteiger partial charge on any atom is 0.119 e. The van der Waals surface area contributed by atoms with E-state index in [-0.39, 0.29) is 0 Å². The van der Waals surface area contributed by atoms with E-state index in [0.717, 1.165) is 35.4 Å². The van der Waals surface area contributed by atoms with Crippen LogP contribution in [-0.4, -0.2) is 10.9 Å². The maximum absolute atomic E-state index is 9.45. The van der Waals surface area contributed by atoms with Crippen LogP contribution in [-0.2, 0) is 6.61 Å². The number of rotatable bonds is 5. The van der Waals surface area contributed by atoms with Crippen molar-refractivity contribution in [3.05, 3.63) is 71.3 Å². The zero-order valence-corrected chi connectivity index (χ0v) is 15.0. The van der Waals surface area contributed by atoms with Gasteiger partial charge in [-0.15, -0.1) is 0 Å². The highest BCUT2D eigenvalue weighted by molar-refractivity contribution is 6.26. The Morgan fingerprint density at radius 2 is 1.65 bits per heavy atom. The monoisotopic (exact) mass is 347 g/mol. The first kappa shape index (κ1) is 16.9. The lowest BCUT2D eigenvalue weighted by Crippen LogP contribution is -2.02. The molecule has 3 heteroatoms. The Bertz CT molecular complexity index is 800.